The van der Waals surface area contributed by atoms with E-state index in [1.54, 1.807) is 20.2 Å². The molecule has 0 unspecified atom stereocenters. The minimum absolute atomic E-state index is 0.369. The molecule has 0 bridgehead atoms. The van der Waals surface area contributed by atoms with Crippen LogP contribution in [0.4, 0.5) is 0 Å². The minimum atomic E-state index is 0.369. The Morgan fingerprint density at radius 2 is 2.12 bits per heavy atom. The molecule has 0 saturated heterocycles. The number of aryl methyl sites for hydroxylation is 1. The van der Waals surface area contributed by atoms with Gasteiger partial charge in [0.05, 0.1) is 13.3 Å². The smallest absolute Gasteiger partial charge is 0.191 e. The summed E-state index contributed by atoms with van der Waals surface area (Å²) in [5.41, 5.74) is 0. The lowest BCUT2D eigenvalue weighted by Gasteiger charge is -2.05. The average Bonchev–Trinajstić information content (AvgIpc) is 2.73. The molecule has 4 nitrogen and oxygen atoms in total. The summed E-state index contributed by atoms with van der Waals surface area (Å²) in [5.74, 6) is 2.87. The third kappa shape index (κ3) is 2.53. The van der Waals surface area contributed by atoms with E-state index in [1.807, 2.05) is 24.3 Å². The van der Waals surface area contributed by atoms with Crippen molar-refractivity contribution in [3.05, 3.63) is 42.1 Å². The predicted octanol–water partition coefficient (Wildman–Crippen LogP) is 2.57. The molecule has 0 aliphatic carbocycles. The van der Waals surface area contributed by atoms with Gasteiger partial charge in [0, 0.05) is 13.0 Å². The van der Waals surface area contributed by atoms with E-state index in [0.29, 0.717) is 18.3 Å². The van der Waals surface area contributed by atoms with Gasteiger partial charge in [-0.2, -0.15) is 0 Å². The Morgan fingerprint density at radius 1 is 1.31 bits per heavy atom. The van der Waals surface area contributed by atoms with E-state index in [0.717, 1.165) is 11.5 Å². The Balaban J connectivity index is 1.99. The molecule has 1 aromatic carbocycles. The van der Waals surface area contributed by atoms with Gasteiger partial charge in [-0.3, -0.25) is 0 Å². The van der Waals surface area contributed by atoms with Crippen molar-refractivity contribution in [1.29, 1.82) is 0 Å². The van der Waals surface area contributed by atoms with Crippen LogP contribution < -0.4 is 9.47 Å². The monoisotopic (exact) mass is 219 g/mol. The topological polar surface area (TPSA) is 44.5 Å². The fourth-order valence-corrected chi connectivity index (χ4v) is 1.32. The van der Waals surface area contributed by atoms with Gasteiger partial charge in [0.2, 0.25) is 0 Å². The number of hydrogen-bond acceptors (Lipinski definition) is 4. The SMILES string of the molecule is COc1cccc(OCc2cnc(C)o2)c1. The first-order valence-corrected chi connectivity index (χ1v) is 4.96. The molecule has 0 amide bonds. The quantitative estimate of drug-likeness (QED) is 0.792. The van der Waals surface area contributed by atoms with Crippen LogP contribution in [0.15, 0.2) is 34.9 Å². The van der Waals surface area contributed by atoms with Crippen LogP contribution in [-0.4, -0.2) is 12.1 Å². The van der Waals surface area contributed by atoms with Crippen molar-refractivity contribution in [3.8, 4) is 11.5 Å². The molecule has 0 atom stereocenters. The first-order valence-electron chi connectivity index (χ1n) is 4.96. The molecular weight excluding hydrogens is 206 g/mol. The molecule has 1 aromatic heterocycles. The zero-order valence-electron chi connectivity index (χ0n) is 9.27. The molecule has 0 fully saturated rings. The number of rotatable bonds is 4. The highest BCUT2D eigenvalue weighted by Crippen LogP contribution is 2.19. The first-order chi connectivity index (χ1) is 7.78. The Labute approximate surface area is 93.8 Å². The van der Waals surface area contributed by atoms with Crippen molar-refractivity contribution in [3.63, 3.8) is 0 Å². The Hall–Kier alpha value is -1.97. The van der Waals surface area contributed by atoms with E-state index in [-0.39, 0.29) is 0 Å². The number of ether oxygens (including phenoxy) is 2. The van der Waals surface area contributed by atoms with Crippen molar-refractivity contribution in [2.24, 2.45) is 0 Å². The van der Waals surface area contributed by atoms with Gasteiger partial charge in [-0.25, -0.2) is 4.98 Å². The number of benzene rings is 1. The van der Waals surface area contributed by atoms with Crippen LogP contribution in [0.3, 0.4) is 0 Å². The summed E-state index contributed by atoms with van der Waals surface area (Å²) in [5, 5.41) is 0. The largest absolute Gasteiger partial charge is 0.497 e. The lowest BCUT2D eigenvalue weighted by Crippen LogP contribution is -1.94. The molecule has 1 heterocycles. The van der Waals surface area contributed by atoms with E-state index in [1.165, 1.54) is 0 Å². The van der Waals surface area contributed by atoms with E-state index in [4.69, 9.17) is 13.9 Å². The normalized spacial score (nSPS) is 10.1. The standard InChI is InChI=1S/C12H13NO3/c1-9-13-7-12(16-9)8-15-11-5-3-4-10(6-11)14-2/h3-7H,8H2,1-2H3. The molecule has 0 aliphatic rings. The molecular formula is C12H13NO3. The second kappa shape index (κ2) is 4.70. The molecule has 0 N–H and O–H groups in total. The molecule has 16 heavy (non-hydrogen) atoms. The van der Waals surface area contributed by atoms with Crippen molar-refractivity contribution >= 4 is 0 Å². The summed E-state index contributed by atoms with van der Waals surface area (Å²) in [6.45, 7) is 2.17. The lowest BCUT2D eigenvalue weighted by atomic mass is 10.3. The summed E-state index contributed by atoms with van der Waals surface area (Å²) in [6, 6.07) is 7.43. The Kier molecular flexibility index (Phi) is 3.10. The van der Waals surface area contributed by atoms with Crippen LogP contribution in [0.2, 0.25) is 0 Å². The number of aromatic nitrogens is 1. The van der Waals surface area contributed by atoms with Gasteiger partial charge in [0.1, 0.15) is 18.1 Å². The van der Waals surface area contributed by atoms with Crippen molar-refractivity contribution in [2.75, 3.05) is 7.11 Å². The molecule has 0 saturated carbocycles. The van der Waals surface area contributed by atoms with Crippen LogP contribution in [-0.2, 0) is 6.61 Å². The first kappa shape index (κ1) is 10.5. The van der Waals surface area contributed by atoms with Crippen LogP contribution in [0.5, 0.6) is 11.5 Å². The highest BCUT2D eigenvalue weighted by molar-refractivity contribution is 5.32. The second-order valence-corrected chi connectivity index (χ2v) is 3.31. The van der Waals surface area contributed by atoms with Crippen molar-refractivity contribution < 1.29 is 13.9 Å². The Morgan fingerprint density at radius 3 is 2.81 bits per heavy atom. The zero-order chi connectivity index (χ0) is 11.4. The lowest BCUT2D eigenvalue weighted by molar-refractivity contribution is 0.266. The maximum Gasteiger partial charge on any atom is 0.191 e. The Bertz CT molecular complexity index is 465. The number of hydrogen-bond donors (Lipinski definition) is 0. The maximum absolute atomic E-state index is 5.53. The summed E-state index contributed by atoms with van der Waals surface area (Å²) in [6.07, 6.45) is 1.66. The van der Waals surface area contributed by atoms with Gasteiger partial charge in [0.25, 0.3) is 0 Å². The number of nitrogens with zero attached hydrogens (tertiary/aromatic N) is 1. The highest BCUT2D eigenvalue weighted by atomic mass is 16.5. The second-order valence-electron chi connectivity index (χ2n) is 3.31. The highest BCUT2D eigenvalue weighted by Gasteiger charge is 2.01. The third-order valence-electron chi connectivity index (χ3n) is 2.09. The summed E-state index contributed by atoms with van der Waals surface area (Å²) < 4.78 is 15.9. The fourth-order valence-electron chi connectivity index (χ4n) is 1.32. The number of oxazole rings is 1. The van der Waals surface area contributed by atoms with Crippen LogP contribution >= 0.6 is 0 Å². The maximum atomic E-state index is 5.53. The van der Waals surface area contributed by atoms with Gasteiger partial charge >= 0.3 is 0 Å². The molecule has 0 aliphatic heterocycles. The molecule has 2 aromatic rings. The van der Waals surface area contributed by atoms with Gasteiger partial charge in [-0.1, -0.05) is 6.07 Å². The summed E-state index contributed by atoms with van der Waals surface area (Å²) in [4.78, 5) is 3.99. The predicted molar refractivity (Wildman–Crippen MR) is 58.6 cm³/mol. The van der Waals surface area contributed by atoms with Crippen LogP contribution in [0.25, 0.3) is 0 Å². The molecule has 0 radical (unpaired) electrons. The minimum Gasteiger partial charge on any atom is -0.497 e. The summed E-state index contributed by atoms with van der Waals surface area (Å²) in [7, 11) is 1.62. The van der Waals surface area contributed by atoms with Crippen molar-refractivity contribution in [1.82, 2.24) is 4.98 Å². The van der Waals surface area contributed by atoms with Crippen LogP contribution in [0, 0.1) is 6.92 Å². The van der Waals surface area contributed by atoms with Gasteiger partial charge in [-0.05, 0) is 12.1 Å². The van der Waals surface area contributed by atoms with E-state index in [9.17, 15) is 0 Å². The van der Waals surface area contributed by atoms with E-state index >= 15 is 0 Å². The van der Waals surface area contributed by atoms with Gasteiger partial charge < -0.3 is 13.9 Å². The van der Waals surface area contributed by atoms with Crippen molar-refractivity contribution in [2.45, 2.75) is 13.5 Å². The number of methoxy groups -OCH3 is 1. The summed E-state index contributed by atoms with van der Waals surface area (Å²) >= 11 is 0. The van der Waals surface area contributed by atoms with E-state index < -0.39 is 0 Å². The van der Waals surface area contributed by atoms with Gasteiger partial charge in [-0.15, -0.1) is 0 Å². The fraction of sp³-hybridized carbons (Fsp3) is 0.250. The molecule has 0 spiro atoms. The zero-order valence-corrected chi connectivity index (χ0v) is 9.27. The molecule has 2 rings (SSSR count). The van der Waals surface area contributed by atoms with E-state index in [2.05, 4.69) is 4.98 Å². The third-order valence-corrected chi connectivity index (χ3v) is 2.09. The van der Waals surface area contributed by atoms with Gasteiger partial charge in [0.15, 0.2) is 11.7 Å². The molecule has 4 heteroatoms. The molecule has 84 valence electrons. The van der Waals surface area contributed by atoms with Crippen LogP contribution in [0.1, 0.15) is 11.7 Å². The average molecular weight is 219 g/mol.